The summed E-state index contributed by atoms with van der Waals surface area (Å²) >= 11 is 0. The van der Waals surface area contributed by atoms with Crippen LogP contribution in [0.15, 0.2) is 18.3 Å². The number of pyridine rings is 1. The highest BCUT2D eigenvalue weighted by atomic mass is 35.5. The Kier molecular flexibility index (Phi) is 7.73. The fourth-order valence-corrected chi connectivity index (χ4v) is 2.00. The Morgan fingerprint density at radius 2 is 1.94 bits per heavy atom. The quantitative estimate of drug-likeness (QED) is 0.887. The molecule has 1 saturated heterocycles. The number of piperidine rings is 1. The van der Waals surface area contributed by atoms with Crippen LogP contribution in [-0.4, -0.2) is 18.1 Å². The fourth-order valence-electron chi connectivity index (χ4n) is 2.00. The summed E-state index contributed by atoms with van der Waals surface area (Å²) < 4.78 is 0. The average Bonchev–Trinajstić information content (AvgIpc) is 2.23. The van der Waals surface area contributed by atoms with Crippen molar-refractivity contribution < 1.29 is 0 Å². The Labute approximate surface area is 110 Å². The van der Waals surface area contributed by atoms with Crippen molar-refractivity contribution in [1.82, 2.24) is 10.3 Å². The zero-order valence-corrected chi connectivity index (χ0v) is 11.2. The lowest BCUT2D eigenvalue weighted by Gasteiger charge is -2.22. The molecule has 92 valence electrons. The van der Waals surface area contributed by atoms with Crippen molar-refractivity contribution in [2.75, 3.05) is 13.1 Å². The van der Waals surface area contributed by atoms with Crippen LogP contribution in [0.25, 0.3) is 0 Å². The Morgan fingerprint density at radius 3 is 2.50 bits per heavy atom. The maximum absolute atomic E-state index is 4.45. The first-order valence-electron chi connectivity index (χ1n) is 5.47. The van der Waals surface area contributed by atoms with E-state index in [1.54, 1.807) is 0 Å². The molecule has 2 rings (SSSR count). The van der Waals surface area contributed by atoms with Crippen LogP contribution in [0.2, 0.25) is 0 Å². The molecule has 1 aromatic rings. The molecule has 1 N–H and O–H groups in total. The summed E-state index contributed by atoms with van der Waals surface area (Å²) in [4.78, 5) is 4.45. The van der Waals surface area contributed by atoms with Gasteiger partial charge >= 0.3 is 0 Å². The van der Waals surface area contributed by atoms with Gasteiger partial charge in [-0.05, 0) is 56.8 Å². The Morgan fingerprint density at radius 1 is 1.25 bits per heavy atom. The molecule has 0 saturated carbocycles. The second kappa shape index (κ2) is 7.88. The van der Waals surface area contributed by atoms with E-state index >= 15 is 0 Å². The molecule has 0 amide bonds. The molecule has 1 aliphatic rings. The van der Waals surface area contributed by atoms with E-state index < -0.39 is 0 Å². The summed E-state index contributed by atoms with van der Waals surface area (Å²) in [6.07, 6.45) is 5.73. The predicted octanol–water partition coefficient (Wildman–Crippen LogP) is 2.78. The van der Waals surface area contributed by atoms with E-state index in [1.165, 1.54) is 37.2 Å². The third kappa shape index (κ3) is 4.69. The maximum atomic E-state index is 4.45. The fraction of sp³-hybridized carbons (Fsp3) is 0.583. The molecular weight excluding hydrogens is 243 g/mol. The van der Waals surface area contributed by atoms with E-state index in [0.29, 0.717) is 0 Å². The van der Waals surface area contributed by atoms with Crippen molar-refractivity contribution in [3.05, 3.63) is 29.6 Å². The van der Waals surface area contributed by atoms with Crippen LogP contribution < -0.4 is 5.32 Å². The van der Waals surface area contributed by atoms with Crippen LogP contribution in [0.4, 0.5) is 0 Å². The molecule has 0 aliphatic carbocycles. The first-order chi connectivity index (χ1) is 6.84. The van der Waals surface area contributed by atoms with E-state index in [1.807, 2.05) is 6.20 Å². The molecule has 0 radical (unpaired) electrons. The molecule has 4 heteroatoms. The molecule has 2 heterocycles. The van der Waals surface area contributed by atoms with Gasteiger partial charge in [-0.2, -0.15) is 0 Å². The van der Waals surface area contributed by atoms with Crippen molar-refractivity contribution in [2.45, 2.75) is 26.2 Å². The standard InChI is InChI=1S/C12H18N2.2ClH/c1-10-2-3-12(14-9-10)8-11-4-6-13-7-5-11;;/h2-3,9,11,13H,4-8H2,1H3;2*1H. The molecule has 0 spiro atoms. The second-order valence-corrected chi connectivity index (χ2v) is 4.22. The summed E-state index contributed by atoms with van der Waals surface area (Å²) in [5, 5.41) is 3.39. The van der Waals surface area contributed by atoms with Gasteiger partial charge in [0, 0.05) is 11.9 Å². The molecule has 1 aliphatic heterocycles. The lowest BCUT2D eigenvalue weighted by molar-refractivity contribution is 0.370. The monoisotopic (exact) mass is 262 g/mol. The first-order valence-corrected chi connectivity index (χ1v) is 5.47. The Hall–Kier alpha value is -0.310. The van der Waals surface area contributed by atoms with E-state index in [-0.39, 0.29) is 24.8 Å². The number of hydrogen-bond acceptors (Lipinski definition) is 2. The number of halogens is 2. The van der Waals surface area contributed by atoms with Gasteiger partial charge in [0.2, 0.25) is 0 Å². The second-order valence-electron chi connectivity index (χ2n) is 4.22. The number of hydrogen-bond donors (Lipinski definition) is 1. The molecule has 0 unspecified atom stereocenters. The van der Waals surface area contributed by atoms with Gasteiger partial charge in [0.15, 0.2) is 0 Å². The predicted molar refractivity (Wildman–Crippen MR) is 72.8 cm³/mol. The van der Waals surface area contributed by atoms with E-state index in [9.17, 15) is 0 Å². The molecule has 2 nitrogen and oxygen atoms in total. The van der Waals surface area contributed by atoms with Gasteiger partial charge in [-0.15, -0.1) is 24.8 Å². The highest BCUT2D eigenvalue weighted by Gasteiger charge is 2.13. The van der Waals surface area contributed by atoms with Crippen molar-refractivity contribution in [3.8, 4) is 0 Å². The SMILES string of the molecule is Cc1ccc(CC2CCNCC2)nc1.Cl.Cl. The summed E-state index contributed by atoms with van der Waals surface area (Å²) in [5.74, 6) is 0.839. The van der Waals surface area contributed by atoms with Crippen LogP contribution in [0, 0.1) is 12.8 Å². The molecule has 1 fully saturated rings. The van der Waals surface area contributed by atoms with Gasteiger partial charge in [-0.25, -0.2) is 0 Å². The summed E-state index contributed by atoms with van der Waals surface area (Å²) in [6.45, 7) is 4.44. The highest BCUT2D eigenvalue weighted by molar-refractivity contribution is 5.85. The highest BCUT2D eigenvalue weighted by Crippen LogP contribution is 2.16. The largest absolute Gasteiger partial charge is 0.317 e. The molecule has 0 aromatic carbocycles. The van der Waals surface area contributed by atoms with E-state index in [4.69, 9.17) is 0 Å². The lowest BCUT2D eigenvalue weighted by Crippen LogP contribution is -2.28. The smallest absolute Gasteiger partial charge is 0.0406 e. The number of rotatable bonds is 2. The topological polar surface area (TPSA) is 24.9 Å². The third-order valence-corrected chi connectivity index (χ3v) is 2.93. The van der Waals surface area contributed by atoms with Gasteiger partial charge in [0.05, 0.1) is 0 Å². The van der Waals surface area contributed by atoms with Gasteiger partial charge in [-0.3, -0.25) is 4.98 Å². The summed E-state index contributed by atoms with van der Waals surface area (Å²) in [6, 6.07) is 4.32. The van der Waals surface area contributed by atoms with Crippen LogP contribution in [0.3, 0.4) is 0 Å². The number of nitrogens with zero attached hydrogens (tertiary/aromatic N) is 1. The van der Waals surface area contributed by atoms with Crippen LogP contribution in [-0.2, 0) is 6.42 Å². The van der Waals surface area contributed by atoms with Crippen molar-refractivity contribution in [3.63, 3.8) is 0 Å². The van der Waals surface area contributed by atoms with Crippen LogP contribution in [0.1, 0.15) is 24.1 Å². The minimum Gasteiger partial charge on any atom is -0.317 e. The Balaban J connectivity index is 0.00000112. The lowest BCUT2D eigenvalue weighted by atomic mass is 9.93. The maximum Gasteiger partial charge on any atom is 0.0406 e. The van der Waals surface area contributed by atoms with E-state index in [0.717, 1.165) is 12.3 Å². The van der Waals surface area contributed by atoms with Crippen LogP contribution in [0.5, 0.6) is 0 Å². The summed E-state index contributed by atoms with van der Waals surface area (Å²) in [5.41, 5.74) is 2.50. The van der Waals surface area contributed by atoms with E-state index in [2.05, 4.69) is 29.4 Å². The molecule has 0 atom stereocenters. The van der Waals surface area contributed by atoms with Crippen LogP contribution >= 0.6 is 24.8 Å². The molecule has 1 aromatic heterocycles. The van der Waals surface area contributed by atoms with Crippen molar-refractivity contribution in [2.24, 2.45) is 5.92 Å². The zero-order chi connectivity index (χ0) is 9.80. The number of aryl methyl sites for hydroxylation is 1. The summed E-state index contributed by atoms with van der Waals surface area (Å²) in [7, 11) is 0. The first kappa shape index (κ1) is 15.7. The average molecular weight is 263 g/mol. The minimum atomic E-state index is 0. The Bertz CT molecular complexity index is 282. The van der Waals surface area contributed by atoms with Gasteiger partial charge in [0.25, 0.3) is 0 Å². The number of aromatic nitrogens is 1. The molecule has 16 heavy (non-hydrogen) atoms. The third-order valence-electron chi connectivity index (χ3n) is 2.93. The molecule has 0 bridgehead atoms. The van der Waals surface area contributed by atoms with Crippen molar-refractivity contribution in [1.29, 1.82) is 0 Å². The normalized spacial score (nSPS) is 16.1. The zero-order valence-electron chi connectivity index (χ0n) is 9.61. The van der Waals surface area contributed by atoms with Gasteiger partial charge < -0.3 is 5.32 Å². The van der Waals surface area contributed by atoms with Crippen molar-refractivity contribution >= 4 is 24.8 Å². The van der Waals surface area contributed by atoms with Gasteiger partial charge in [-0.1, -0.05) is 6.07 Å². The number of nitrogens with one attached hydrogen (secondary N) is 1. The molecular formula is C12H20Cl2N2. The minimum absolute atomic E-state index is 0. The van der Waals surface area contributed by atoms with Gasteiger partial charge in [0.1, 0.15) is 0 Å².